The summed E-state index contributed by atoms with van der Waals surface area (Å²) in [4.78, 5) is 47.5. The van der Waals surface area contributed by atoms with Gasteiger partial charge in [0.2, 0.25) is 5.91 Å². The van der Waals surface area contributed by atoms with E-state index in [1.54, 1.807) is 4.90 Å². The van der Waals surface area contributed by atoms with Crippen LogP contribution in [0.15, 0.2) is 54.6 Å². The third-order valence-corrected chi connectivity index (χ3v) is 7.55. The Hall–Kier alpha value is -3.80. The van der Waals surface area contributed by atoms with Crippen LogP contribution in [0.4, 0.5) is 0 Å². The molecule has 2 aliphatic rings. The lowest BCUT2D eigenvalue weighted by atomic mass is 9.83. The second-order valence-electron chi connectivity index (χ2n) is 10.8. The topological polar surface area (TPSA) is 165 Å². The molecule has 2 aliphatic heterocycles. The first-order valence-electron chi connectivity index (χ1n) is 13.4. The van der Waals surface area contributed by atoms with Gasteiger partial charge >= 0.3 is 17.9 Å². The number of rotatable bonds is 10. The van der Waals surface area contributed by atoms with E-state index in [4.69, 9.17) is 25.2 Å². The van der Waals surface area contributed by atoms with Crippen molar-refractivity contribution >= 4 is 23.8 Å². The second kappa shape index (κ2) is 13.7. The SMILES string of the molecule is CN(C)C(=O)C(Cc1ccccc1)CN1CCC2(CC1)OCc1ccccc12.O=C(O)CC(O)(CC(=O)O)C(=O)O. The van der Waals surface area contributed by atoms with E-state index in [0.29, 0.717) is 0 Å². The molecule has 4 rings (SSSR count). The van der Waals surface area contributed by atoms with Crippen molar-refractivity contribution in [3.8, 4) is 0 Å². The largest absolute Gasteiger partial charge is 0.481 e. The molecule has 1 amide bonds. The summed E-state index contributed by atoms with van der Waals surface area (Å²) in [6.45, 7) is 3.48. The molecule has 222 valence electrons. The van der Waals surface area contributed by atoms with Gasteiger partial charge in [0, 0.05) is 33.7 Å². The first kappa shape index (κ1) is 31.7. The highest BCUT2D eigenvalue weighted by Crippen LogP contribution is 2.44. The Morgan fingerprint density at radius 1 is 0.927 bits per heavy atom. The summed E-state index contributed by atoms with van der Waals surface area (Å²) >= 11 is 0. The standard InChI is InChI=1S/C24H30N2O2.C6H8O7/c1-25(2)23(27)21(16-19-8-4-3-5-9-19)17-26-14-12-24(13-15-26)22-11-7-6-10-20(22)18-28-24;7-3(8)1-6(13,5(11)12)2-4(9)10/h3-11,21H,12-18H2,1-2H3;13H,1-2H2,(H,7,8)(H,9,10)(H,11,12). The Morgan fingerprint density at radius 3 is 2.02 bits per heavy atom. The van der Waals surface area contributed by atoms with Crippen LogP contribution in [-0.2, 0) is 42.5 Å². The summed E-state index contributed by atoms with van der Waals surface area (Å²) in [6, 6.07) is 19.0. The van der Waals surface area contributed by atoms with Crippen LogP contribution in [0.3, 0.4) is 0 Å². The predicted molar refractivity (Wildman–Crippen MR) is 148 cm³/mol. The van der Waals surface area contributed by atoms with Crippen LogP contribution in [0.25, 0.3) is 0 Å². The van der Waals surface area contributed by atoms with Crippen molar-refractivity contribution in [2.75, 3.05) is 33.7 Å². The van der Waals surface area contributed by atoms with E-state index in [0.717, 1.165) is 45.5 Å². The van der Waals surface area contributed by atoms with Gasteiger partial charge in [-0.2, -0.15) is 0 Å². The van der Waals surface area contributed by atoms with Crippen molar-refractivity contribution in [1.82, 2.24) is 9.80 Å². The zero-order chi connectivity index (χ0) is 30.2. The third-order valence-electron chi connectivity index (χ3n) is 7.55. The normalized spacial score (nSPS) is 16.7. The molecule has 2 aromatic rings. The van der Waals surface area contributed by atoms with Crippen LogP contribution < -0.4 is 0 Å². The average Bonchev–Trinajstić information content (AvgIpc) is 3.27. The zero-order valence-electron chi connectivity index (χ0n) is 23.4. The van der Waals surface area contributed by atoms with Gasteiger partial charge in [0.25, 0.3) is 0 Å². The monoisotopic (exact) mass is 570 g/mol. The number of aliphatic carboxylic acids is 3. The number of nitrogens with zero attached hydrogens (tertiary/aromatic N) is 2. The van der Waals surface area contributed by atoms with E-state index in [2.05, 4.69) is 41.3 Å². The summed E-state index contributed by atoms with van der Waals surface area (Å²) in [5.74, 6) is -4.82. The van der Waals surface area contributed by atoms with Crippen LogP contribution in [0, 0.1) is 5.92 Å². The summed E-state index contributed by atoms with van der Waals surface area (Å²) in [6.07, 6.45) is 0.499. The van der Waals surface area contributed by atoms with Crippen LogP contribution >= 0.6 is 0 Å². The maximum atomic E-state index is 12.8. The fourth-order valence-corrected chi connectivity index (χ4v) is 5.41. The van der Waals surface area contributed by atoms with Crippen molar-refractivity contribution < 1.29 is 44.3 Å². The number of ether oxygens (including phenoxy) is 1. The molecule has 1 fully saturated rings. The first-order chi connectivity index (χ1) is 19.3. The maximum Gasteiger partial charge on any atom is 0.336 e. The zero-order valence-corrected chi connectivity index (χ0v) is 23.4. The number of carboxylic acids is 3. The maximum absolute atomic E-state index is 12.8. The molecule has 0 radical (unpaired) electrons. The van der Waals surface area contributed by atoms with Crippen molar-refractivity contribution in [2.45, 2.75) is 49.9 Å². The van der Waals surface area contributed by atoms with E-state index in [9.17, 15) is 19.2 Å². The third kappa shape index (κ3) is 8.35. The minimum atomic E-state index is -2.74. The minimum absolute atomic E-state index is 0.0109. The Bertz CT molecular complexity index is 1210. The van der Waals surface area contributed by atoms with Gasteiger partial charge in [-0.15, -0.1) is 0 Å². The molecule has 11 nitrogen and oxygen atoms in total. The highest BCUT2D eigenvalue weighted by molar-refractivity contribution is 5.88. The van der Waals surface area contributed by atoms with Gasteiger partial charge < -0.3 is 35.0 Å². The molecule has 4 N–H and O–H groups in total. The van der Waals surface area contributed by atoms with Gasteiger partial charge in [0.05, 0.1) is 31.0 Å². The quantitative estimate of drug-likeness (QED) is 0.333. The fourth-order valence-electron chi connectivity index (χ4n) is 5.41. The molecule has 1 unspecified atom stereocenters. The predicted octanol–water partition coefficient (Wildman–Crippen LogP) is 2.21. The number of carbonyl (C=O) groups is 4. The van der Waals surface area contributed by atoms with E-state index < -0.39 is 36.4 Å². The van der Waals surface area contributed by atoms with Crippen molar-refractivity contribution in [3.05, 3.63) is 71.3 Å². The Labute approximate surface area is 239 Å². The summed E-state index contributed by atoms with van der Waals surface area (Å²) in [5.41, 5.74) is 1.08. The first-order valence-corrected chi connectivity index (χ1v) is 13.4. The average molecular weight is 571 g/mol. The number of benzene rings is 2. The summed E-state index contributed by atoms with van der Waals surface area (Å²) in [7, 11) is 3.71. The second-order valence-corrected chi connectivity index (χ2v) is 10.8. The number of aliphatic hydroxyl groups is 1. The molecule has 2 aromatic carbocycles. The van der Waals surface area contributed by atoms with Gasteiger partial charge in [-0.1, -0.05) is 54.6 Å². The molecule has 2 heterocycles. The highest BCUT2D eigenvalue weighted by Gasteiger charge is 2.43. The van der Waals surface area contributed by atoms with Gasteiger partial charge in [0.1, 0.15) is 0 Å². The Morgan fingerprint density at radius 2 is 1.49 bits per heavy atom. The van der Waals surface area contributed by atoms with Crippen molar-refractivity contribution in [3.63, 3.8) is 0 Å². The number of carbonyl (C=O) groups excluding carboxylic acids is 1. The molecule has 0 bridgehead atoms. The lowest BCUT2D eigenvalue weighted by molar-refractivity contribution is -0.170. The lowest BCUT2D eigenvalue weighted by Crippen LogP contribution is -2.46. The minimum Gasteiger partial charge on any atom is -0.481 e. The van der Waals surface area contributed by atoms with Gasteiger partial charge in [-0.25, -0.2) is 4.79 Å². The Kier molecular flexibility index (Phi) is 10.6. The summed E-state index contributed by atoms with van der Waals surface area (Å²) < 4.78 is 6.28. The fraction of sp³-hybridized carbons (Fsp3) is 0.467. The van der Waals surface area contributed by atoms with E-state index in [-0.39, 0.29) is 17.4 Å². The molecule has 1 spiro atoms. The number of hydrogen-bond acceptors (Lipinski definition) is 7. The lowest BCUT2D eigenvalue weighted by Gasteiger charge is -2.40. The van der Waals surface area contributed by atoms with E-state index in [1.165, 1.54) is 16.7 Å². The van der Waals surface area contributed by atoms with Crippen molar-refractivity contribution in [2.24, 2.45) is 5.92 Å². The molecule has 1 atom stereocenters. The molecule has 0 aliphatic carbocycles. The number of amides is 1. The molecule has 41 heavy (non-hydrogen) atoms. The van der Waals surface area contributed by atoms with Crippen LogP contribution in [-0.4, -0.2) is 93.4 Å². The smallest absolute Gasteiger partial charge is 0.336 e. The van der Waals surface area contributed by atoms with Gasteiger partial charge in [-0.3, -0.25) is 14.4 Å². The molecule has 0 saturated carbocycles. The molecule has 1 saturated heterocycles. The van der Waals surface area contributed by atoms with Gasteiger partial charge in [-0.05, 0) is 36.0 Å². The number of piperidine rings is 1. The van der Waals surface area contributed by atoms with Crippen molar-refractivity contribution in [1.29, 1.82) is 0 Å². The number of fused-ring (bicyclic) bond motifs is 2. The van der Waals surface area contributed by atoms with E-state index in [1.807, 2.05) is 32.3 Å². The number of likely N-dealkylation sites (tertiary alicyclic amines) is 1. The summed E-state index contributed by atoms with van der Waals surface area (Å²) in [5, 5.41) is 33.8. The van der Waals surface area contributed by atoms with Gasteiger partial charge in [0.15, 0.2) is 5.60 Å². The van der Waals surface area contributed by atoms with E-state index >= 15 is 0 Å². The van der Waals surface area contributed by atoms with Crippen LogP contribution in [0.1, 0.15) is 42.4 Å². The molecule has 0 aromatic heterocycles. The molecule has 11 heteroatoms. The molecular formula is C30H38N2O9. The Balaban J connectivity index is 0.000000302. The molecular weight excluding hydrogens is 532 g/mol. The number of carboxylic acid groups (broad SMARTS) is 3. The number of hydrogen-bond donors (Lipinski definition) is 4. The highest BCUT2D eigenvalue weighted by atomic mass is 16.5. The van der Waals surface area contributed by atoms with Crippen LogP contribution in [0.2, 0.25) is 0 Å². The van der Waals surface area contributed by atoms with Crippen LogP contribution in [0.5, 0.6) is 0 Å².